The molecule has 1 aliphatic rings. The zero-order valence-electron chi connectivity index (χ0n) is 12.3. The van der Waals surface area contributed by atoms with Crippen LogP contribution in [-0.2, 0) is 13.2 Å². The van der Waals surface area contributed by atoms with Crippen LogP contribution in [0.25, 0.3) is 0 Å². The van der Waals surface area contributed by atoms with Gasteiger partial charge < -0.3 is 4.74 Å². The van der Waals surface area contributed by atoms with Crippen molar-refractivity contribution in [1.82, 2.24) is 0 Å². The van der Waals surface area contributed by atoms with E-state index in [1.807, 2.05) is 30.3 Å². The first kappa shape index (κ1) is 13.9. The highest BCUT2D eigenvalue weighted by molar-refractivity contribution is 5.86. The SMILES string of the molecule is c1ccc(COc2ccc(CN=C3CCCC3)cc2)cc1. The molecule has 1 saturated carbocycles. The van der Waals surface area contributed by atoms with Crippen LogP contribution in [0, 0.1) is 0 Å². The highest BCUT2D eigenvalue weighted by Crippen LogP contribution is 2.17. The quantitative estimate of drug-likeness (QED) is 0.771. The van der Waals surface area contributed by atoms with E-state index in [2.05, 4.69) is 24.3 Å². The monoisotopic (exact) mass is 279 g/mol. The van der Waals surface area contributed by atoms with Gasteiger partial charge in [0, 0.05) is 5.71 Å². The molecule has 0 atom stereocenters. The summed E-state index contributed by atoms with van der Waals surface area (Å²) in [6.45, 7) is 1.41. The smallest absolute Gasteiger partial charge is 0.119 e. The molecule has 1 fully saturated rings. The molecular formula is C19H21NO. The second-order valence-corrected chi connectivity index (χ2v) is 5.51. The minimum absolute atomic E-state index is 0.614. The van der Waals surface area contributed by atoms with E-state index in [1.165, 1.54) is 42.5 Å². The van der Waals surface area contributed by atoms with Gasteiger partial charge in [0.05, 0.1) is 6.54 Å². The van der Waals surface area contributed by atoms with Gasteiger partial charge in [0.2, 0.25) is 0 Å². The lowest BCUT2D eigenvalue weighted by Crippen LogP contribution is -1.95. The lowest BCUT2D eigenvalue weighted by molar-refractivity contribution is 0.306. The van der Waals surface area contributed by atoms with Crippen molar-refractivity contribution in [3.05, 3.63) is 65.7 Å². The maximum absolute atomic E-state index is 5.79. The molecule has 0 aromatic heterocycles. The fraction of sp³-hybridized carbons (Fsp3) is 0.316. The molecule has 0 radical (unpaired) electrons. The average Bonchev–Trinajstić information content (AvgIpc) is 3.06. The maximum Gasteiger partial charge on any atom is 0.119 e. The predicted molar refractivity (Wildman–Crippen MR) is 86.8 cm³/mol. The van der Waals surface area contributed by atoms with Crippen molar-refractivity contribution >= 4 is 5.71 Å². The van der Waals surface area contributed by atoms with Crippen molar-refractivity contribution < 1.29 is 4.74 Å². The summed E-state index contributed by atoms with van der Waals surface area (Å²) in [5, 5.41) is 0. The summed E-state index contributed by atoms with van der Waals surface area (Å²) in [7, 11) is 0. The van der Waals surface area contributed by atoms with E-state index in [0.717, 1.165) is 12.3 Å². The Balaban J connectivity index is 1.53. The number of rotatable bonds is 5. The molecule has 0 N–H and O–H groups in total. The molecule has 0 bridgehead atoms. The van der Waals surface area contributed by atoms with Crippen LogP contribution in [-0.4, -0.2) is 5.71 Å². The van der Waals surface area contributed by atoms with E-state index in [4.69, 9.17) is 9.73 Å². The van der Waals surface area contributed by atoms with Crippen LogP contribution in [0.1, 0.15) is 36.8 Å². The average molecular weight is 279 g/mol. The van der Waals surface area contributed by atoms with Crippen LogP contribution in [0.4, 0.5) is 0 Å². The topological polar surface area (TPSA) is 21.6 Å². The highest BCUT2D eigenvalue weighted by atomic mass is 16.5. The van der Waals surface area contributed by atoms with Crippen molar-refractivity contribution in [2.75, 3.05) is 0 Å². The van der Waals surface area contributed by atoms with Crippen molar-refractivity contribution in [1.29, 1.82) is 0 Å². The molecule has 2 aromatic rings. The first-order chi connectivity index (χ1) is 10.4. The van der Waals surface area contributed by atoms with Crippen molar-refractivity contribution in [2.45, 2.75) is 38.8 Å². The maximum atomic E-state index is 5.79. The zero-order chi connectivity index (χ0) is 14.3. The van der Waals surface area contributed by atoms with Crippen molar-refractivity contribution in [3.63, 3.8) is 0 Å². The van der Waals surface area contributed by atoms with Gasteiger partial charge in [0.15, 0.2) is 0 Å². The molecule has 0 unspecified atom stereocenters. The molecule has 0 heterocycles. The van der Waals surface area contributed by atoms with E-state index < -0.39 is 0 Å². The van der Waals surface area contributed by atoms with E-state index in [9.17, 15) is 0 Å². The molecule has 21 heavy (non-hydrogen) atoms. The third kappa shape index (κ3) is 4.19. The van der Waals surface area contributed by atoms with Crippen LogP contribution >= 0.6 is 0 Å². The Kier molecular flexibility index (Phi) is 4.67. The molecule has 0 saturated heterocycles. The summed E-state index contributed by atoms with van der Waals surface area (Å²) in [6.07, 6.45) is 5.01. The lowest BCUT2D eigenvalue weighted by Gasteiger charge is -2.07. The highest BCUT2D eigenvalue weighted by Gasteiger charge is 2.07. The van der Waals surface area contributed by atoms with Gasteiger partial charge in [-0.15, -0.1) is 0 Å². The fourth-order valence-electron chi connectivity index (χ4n) is 2.58. The molecule has 2 heteroatoms. The standard InChI is InChI=1S/C19H21NO/c1-2-6-17(7-3-1)15-21-19-12-10-16(11-13-19)14-20-18-8-4-5-9-18/h1-3,6-7,10-13H,4-5,8-9,14-15H2. The van der Waals surface area contributed by atoms with E-state index in [0.29, 0.717) is 6.61 Å². The van der Waals surface area contributed by atoms with E-state index in [-0.39, 0.29) is 0 Å². The number of hydrogen-bond donors (Lipinski definition) is 0. The number of aliphatic imine (C=N–C) groups is 1. The summed E-state index contributed by atoms with van der Waals surface area (Å²) in [6, 6.07) is 18.5. The zero-order valence-corrected chi connectivity index (χ0v) is 12.3. The molecule has 0 amide bonds. The van der Waals surface area contributed by atoms with E-state index in [1.54, 1.807) is 0 Å². The Labute approximate surface area is 126 Å². The summed E-state index contributed by atoms with van der Waals surface area (Å²) >= 11 is 0. The normalized spacial score (nSPS) is 14.2. The first-order valence-corrected chi connectivity index (χ1v) is 7.68. The molecule has 0 aliphatic heterocycles. The van der Waals surface area contributed by atoms with Gasteiger partial charge in [0.1, 0.15) is 12.4 Å². The second kappa shape index (κ2) is 7.07. The molecule has 2 nitrogen and oxygen atoms in total. The van der Waals surface area contributed by atoms with Crippen LogP contribution in [0.15, 0.2) is 59.6 Å². The van der Waals surface area contributed by atoms with Gasteiger partial charge in [-0.05, 0) is 48.9 Å². The molecule has 2 aromatic carbocycles. The van der Waals surface area contributed by atoms with Gasteiger partial charge in [0.25, 0.3) is 0 Å². The predicted octanol–water partition coefficient (Wildman–Crippen LogP) is 4.78. The number of benzene rings is 2. The third-order valence-corrected chi connectivity index (χ3v) is 3.84. The van der Waals surface area contributed by atoms with Crippen molar-refractivity contribution in [3.8, 4) is 5.75 Å². The van der Waals surface area contributed by atoms with Gasteiger partial charge in [-0.2, -0.15) is 0 Å². The lowest BCUT2D eigenvalue weighted by atomic mass is 10.2. The fourth-order valence-corrected chi connectivity index (χ4v) is 2.58. The Bertz CT molecular complexity index is 579. The Morgan fingerprint density at radius 2 is 1.52 bits per heavy atom. The Morgan fingerprint density at radius 1 is 0.810 bits per heavy atom. The minimum atomic E-state index is 0.614. The van der Waals surface area contributed by atoms with E-state index >= 15 is 0 Å². The molecule has 1 aliphatic carbocycles. The van der Waals surface area contributed by atoms with Gasteiger partial charge >= 0.3 is 0 Å². The van der Waals surface area contributed by atoms with Crippen LogP contribution < -0.4 is 4.74 Å². The van der Waals surface area contributed by atoms with Crippen molar-refractivity contribution in [2.24, 2.45) is 4.99 Å². The van der Waals surface area contributed by atoms with Crippen LogP contribution in [0.3, 0.4) is 0 Å². The molecule has 3 rings (SSSR count). The Hall–Kier alpha value is -2.09. The minimum Gasteiger partial charge on any atom is -0.489 e. The first-order valence-electron chi connectivity index (χ1n) is 7.68. The molecule has 0 spiro atoms. The second-order valence-electron chi connectivity index (χ2n) is 5.51. The molecule has 108 valence electrons. The molecular weight excluding hydrogens is 258 g/mol. The summed E-state index contributed by atoms with van der Waals surface area (Å²) in [5.74, 6) is 0.913. The third-order valence-electron chi connectivity index (χ3n) is 3.84. The number of hydrogen-bond acceptors (Lipinski definition) is 2. The number of ether oxygens (including phenoxy) is 1. The largest absolute Gasteiger partial charge is 0.489 e. The summed E-state index contributed by atoms with van der Waals surface area (Å²) < 4.78 is 5.79. The van der Waals surface area contributed by atoms with Gasteiger partial charge in [-0.25, -0.2) is 0 Å². The summed E-state index contributed by atoms with van der Waals surface area (Å²) in [5.41, 5.74) is 3.83. The Morgan fingerprint density at radius 3 is 2.24 bits per heavy atom. The van der Waals surface area contributed by atoms with Crippen LogP contribution in [0.2, 0.25) is 0 Å². The summed E-state index contributed by atoms with van der Waals surface area (Å²) in [4.78, 5) is 4.69. The van der Waals surface area contributed by atoms with Crippen LogP contribution in [0.5, 0.6) is 5.75 Å². The van der Waals surface area contributed by atoms with Gasteiger partial charge in [-0.1, -0.05) is 42.5 Å². The number of nitrogens with zero attached hydrogens (tertiary/aromatic N) is 1. The van der Waals surface area contributed by atoms with Gasteiger partial charge in [-0.3, -0.25) is 4.99 Å².